The summed E-state index contributed by atoms with van der Waals surface area (Å²) in [6, 6.07) is 0.860. The molecule has 0 aromatic carbocycles. The largest absolute Gasteiger partial charge is 0.316 e. The van der Waals surface area contributed by atoms with E-state index in [9.17, 15) is 0 Å². The smallest absolute Gasteiger partial charge is 0.0145 e. The second-order valence-corrected chi connectivity index (χ2v) is 5.28. The Balaban J connectivity index is 1.91. The van der Waals surface area contributed by atoms with Crippen LogP contribution in [0.1, 0.15) is 33.1 Å². The quantitative estimate of drug-likeness (QED) is 0.687. The van der Waals surface area contributed by atoms with E-state index in [-0.39, 0.29) is 0 Å². The van der Waals surface area contributed by atoms with E-state index in [4.69, 9.17) is 0 Å². The van der Waals surface area contributed by atoms with E-state index in [0.717, 1.165) is 17.9 Å². The summed E-state index contributed by atoms with van der Waals surface area (Å²) in [6.07, 6.45) is 4.21. The maximum absolute atomic E-state index is 3.49. The lowest BCUT2D eigenvalue weighted by atomic mass is 9.90. The van der Waals surface area contributed by atoms with Gasteiger partial charge in [-0.15, -0.1) is 0 Å². The van der Waals surface area contributed by atoms with Gasteiger partial charge in [-0.25, -0.2) is 0 Å². The first kappa shape index (κ1) is 10.4. The van der Waals surface area contributed by atoms with Gasteiger partial charge in [0.25, 0.3) is 0 Å². The van der Waals surface area contributed by atoms with Gasteiger partial charge in [0, 0.05) is 12.6 Å². The van der Waals surface area contributed by atoms with Gasteiger partial charge in [-0.2, -0.15) is 0 Å². The second kappa shape index (κ2) is 4.63. The Kier molecular flexibility index (Phi) is 3.45. The molecule has 0 spiro atoms. The van der Waals surface area contributed by atoms with Crippen molar-refractivity contribution < 1.29 is 0 Å². The molecule has 2 aliphatic rings. The van der Waals surface area contributed by atoms with Crippen molar-refractivity contribution in [3.05, 3.63) is 0 Å². The standard InChI is InChI=1S/C12H24N2/c1-10-4-3-7-14(9-10)12-5-6-13-8-11(12)2/h10-13H,3-9H2,1-2H3/t10-,11-,12-/m1/s1. The van der Waals surface area contributed by atoms with Crippen LogP contribution in [0.4, 0.5) is 0 Å². The van der Waals surface area contributed by atoms with Crippen molar-refractivity contribution in [2.24, 2.45) is 11.8 Å². The first-order valence-electron chi connectivity index (χ1n) is 6.22. The van der Waals surface area contributed by atoms with E-state index < -0.39 is 0 Å². The van der Waals surface area contributed by atoms with Gasteiger partial charge in [0.15, 0.2) is 0 Å². The Bertz CT molecular complexity index is 181. The highest BCUT2D eigenvalue weighted by molar-refractivity contribution is 4.85. The third kappa shape index (κ3) is 2.29. The van der Waals surface area contributed by atoms with Crippen LogP contribution in [0, 0.1) is 11.8 Å². The lowest BCUT2D eigenvalue weighted by Crippen LogP contribution is -2.51. The molecule has 0 unspecified atom stereocenters. The lowest BCUT2D eigenvalue weighted by molar-refractivity contribution is 0.0778. The zero-order valence-electron chi connectivity index (χ0n) is 9.63. The normalized spacial score (nSPS) is 41.1. The molecule has 82 valence electrons. The minimum atomic E-state index is 0.842. The van der Waals surface area contributed by atoms with Gasteiger partial charge in [-0.3, -0.25) is 4.90 Å². The molecule has 2 aliphatic heterocycles. The third-order valence-corrected chi connectivity index (χ3v) is 3.90. The number of nitrogens with one attached hydrogen (secondary N) is 1. The maximum Gasteiger partial charge on any atom is 0.0145 e. The Hall–Kier alpha value is -0.0800. The number of hydrogen-bond donors (Lipinski definition) is 1. The van der Waals surface area contributed by atoms with E-state index in [1.165, 1.54) is 45.4 Å². The highest BCUT2D eigenvalue weighted by atomic mass is 15.2. The summed E-state index contributed by atoms with van der Waals surface area (Å²) in [6.45, 7) is 9.93. The van der Waals surface area contributed by atoms with Gasteiger partial charge >= 0.3 is 0 Å². The molecule has 2 heterocycles. The van der Waals surface area contributed by atoms with Crippen molar-refractivity contribution in [3.8, 4) is 0 Å². The molecule has 0 aliphatic carbocycles. The first-order chi connectivity index (χ1) is 6.77. The highest BCUT2D eigenvalue weighted by Gasteiger charge is 2.29. The predicted molar refractivity (Wildman–Crippen MR) is 60.4 cm³/mol. The number of piperidine rings is 2. The number of nitrogens with zero attached hydrogens (tertiary/aromatic N) is 1. The third-order valence-electron chi connectivity index (χ3n) is 3.90. The van der Waals surface area contributed by atoms with Crippen LogP contribution in [-0.2, 0) is 0 Å². The molecule has 1 N–H and O–H groups in total. The molecular formula is C12H24N2. The molecule has 0 radical (unpaired) electrons. The molecule has 2 rings (SSSR count). The molecule has 2 fully saturated rings. The summed E-state index contributed by atoms with van der Waals surface area (Å²) >= 11 is 0. The average molecular weight is 196 g/mol. The van der Waals surface area contributed by atoms with Gasteiger partial charge in [-0.05, 0) is 50.7 Å². The summed E-state index contributed by atoms with van der Waals surface area (Å²) in [5.41, 5.74) is 0. The molecule has 0 bridgehead atoms. The van der Waals surface area contributed by atoms with Crippen molar-refractivity contribution in [1.82, 2.24) is 10.2 Å². The molecule has 0 aromatic heterocycles. The lowest BCUT2D eigenvalue weighted by Gasteiger charge is -2.42. The molecule has 2 saturated heterocycles. The summed E-state index contributed by atoms with van der Waals surface area (Å²) in [4.78, 5) is 2.75. The van der Waals surface area contributed by atoms with Crippen molar-refractivity contribution in [3.63, 3.8) is 0 Å². The van der Waals surface area contributed by atoms with Gasteiger partial charge in [0.1, 0.15) is 0 Å². The summed E-state index contributed by atoms with van der Waals surface area (Å²) in [5.74, 6) is 1.76. The maximum atomic E-state index is 3.49. The van der Waals surface area contributed by atoms with Crippen molar-refractivity contribution in [2.75, 3.05) is 26.2 Å². The second-order valence-electron chi connectivity index (χ2n) is 5.28. The van der Waals surface area contributed by atoms with Crippen LogP contribution in [0.2, 0.25) is 0 Å². The predicted octanol–water partition coefficient (Wildman–Crippen LogP) is 1.72. The van der Waals surface area contributed by atoms with E-state index in [0.29, 0.717) is 0 Å². The van der Waals surface area contributed by atoms with Crippen molar-refractivity contribution in [1.29, 1.82) is 0 Å². The first-order valence-corrected chi connectivity index (χ1v) is 6.22. The average Bonchev–Trinajstić information content (AvgIpc) is 2.18. The van der Waals surface area contributed by atoms with E-state index >= 15 is 0 Å². The van der Waals surface area contributed by atoms with Crippen LogP contribution >= 0.6 is 0 Å². The molecular weight excluding hydrogens is 172 g/mol. The molecule has 0 saturated carbocycles. The van der Waals surface area contributed by atoms with Crippen LogP contribution < -0.4 is 5.32 Å². The van der Waals surface area contributed by atoms with Gasteiger partial charge in [-0.1, -0.05) is 13.8 Å². The summed E-state index contributed by atoms with van der Waals surface area (Å²) in [5, 5.41) is 3.49. The van der Waals surface area contributed by atoms with Crippen molar-refractivity contribution in [2.45, 2.75) is 39.2 Å². The minimum Gasteiger partial charge on any atom is -0.316 e. The number of rotatable bonds is 1. The van der Waals surface area contributed by atoms with Gasteiger partial charge in [0.2, 0.25) is 0 Å². The van der Waals surface area contributed by atoms with Gasteiger partial charge < -0.3 is 5.32 Å². The van der Waals surface area contributed by atoms with E-state index in [2.05, 4.69) is 24.1 Å². The monoisotopic (exact) mass is 196 g/mol. The molecule has 0 aromatic rings. The Labute approximate surface area is 88.1 Å². The van der Waals surface area contributed by atoms with E-state index in [1.54, 1.807) is 0 Å². The Morgan fingerprint density at radius 1 is 1.21 bits per heavy atom. The van der Waals surface area contributed by atoms with Crippen LogP contribution in [0.3, 0.4) is 0 Å². The molecule has 2 heteroatoms. The Morgan fingerprint density at radius 2 is 2.07 bits per heavy atom. The number of hydrogen-bond acceptors (Lipinski definition) is 2. The minimum absolute atomic E-state index is 0.842. The highest BCUT2D eigenvalue weighted by Crippen LogP contribution is 2.24. The fraction of sp³-hybridized carbons (Fsp3) is 1.00. The molecule has 3 atom stereocenters. The zero-order chi connectivity index (χ0) is 9.97. The van der Waals surface area contributed by atoms with E-state index in [1.807, 2.05) is 0 Å². The summed E-state index contributed by atoms with van der Waals surface area (Å²) in [7, 11) is 0. The van der Waals surface area contributed by atoms with Crippen molar-refractivity contribution >= 4 is 0 Å². The molecule has 2 nitrogen and oxygen atoms in total. The molecule has 0 amide bonds. The molecule has 14 heavy (non-hydrogen) atoms. The van der Waals surface area contributed by atoms with Crippen LogP contribution in [0.15, 0.2) is 0 Å². The van der Waals surface area contributed by atoms with Crippen LogP contribution in [0.5, 0.6) is 0 Å². The summed E-state index contributed by atoms with van der Waals surface area (Å²) < 4.78 is 0. The zero-order valence-corrected chi connectivity index (χ0v) is 9.63. The Morgan fingerprint density at radius 3 is 2.79 bits per heavy atom. The fourth-order valence-corrected chi connectivity index (χ4v) is 3.07. The van der Waals surface area contributed by atoms with Gasteiger partial charge in [0.05, 0.1) is 0 Å². The van der Waals surface area contributed by atoms with Crippen LogP contribution in [0.25, 0.3) is 0 Å². The number of likely N-dealkylation sites (tertiary alicyclic amines) is 1. The SMILES string of the molecule is C[C@@H]1CCCN([C@@H]2CCNC[C@H]2C)C1. The fourth-order valence-electron chi connectivity index (χ4n) is 3.07. The topological polar surface area (TPSA) is 15.3 Å². The van der Waals surface area contributed by atoms with Crippen LogP contribution in [-0.4, -0.2) is 37.1 Å².